The van der Waals surface area contributed by atoms with Crippen LogP contribution in [0.25, 0.3) is 0 Å². The van der Waals surface area contributed by atoms with E-state index >= 15 is 0 Å². The van der Waals surface area contributed by atoms with Crippen molar-refractivity contribution in [1.82, 2.24) is 5.32 Å². The van der Waals surface area contributed by atoms with Gasteiger partial charge in [0, 0.05) is 12.1 Å². The van der Waals surface area contributed by atoms with Gasteiger partial charge in [-0.3, -0.25) is 9.52 Å². The van der Waals surface area contributed by atoms with E-state index in [0.717, 1.165) is 5.56 Å². The van der Waals surface area contributed by atoms with E-state index in [1.54, 1.807) is 57.2 Å². The second-order valence-electron chi connectivity index (χ2n) is 7.09. The normalized spacial score (nSPS) is 11.9. The predicted octanol–water partition coefficient (Wildman–Crippen LogP) is 2.57. The first-order valence-corrected chi connectivity index (χ1v) is 9.74. The molecule has 0 saturated carbocycles. The average molecular weight is 375 g/mol. The van der Waals surface area contributed by atoms with Gasteiger partial charge in [-0.2, -0.15) is 0 Å². The summed E-state index contributed by atoms with van der Waals surface area (Å²) in [5.41, 5.74) is 7.25. The number of sulfonamides is 1. The molecular weight excluding hydrogens is 350 g/mol. The standard InChI is InChI=1S/C19H25N3O3S/c1-13-9-10-14(2)17(11-13)26(24,25)22-16-8-6-5-7-15(16)18(23)21-12-19(3,4)20/h5-11,22H,12,20H2,1-4H3,(H,21,23). The van der Waals surface area contributed by atoms with E-state index in [0.29, 0.717) is 5.56 Å². The Morgan fingerprint density at radius 1 is 1.12 bits per heavy atom. The molecule has 0 unspecified atom stereocenters. The summed E-state index contributed by atoms with van der Waals surface area (Å²) in [6.07, 6.45) is 0. The predicted molar refractivity (Wildman–Crippen MR) is 104 cm³/mol. The minimum absolute atomic E-state index is 0.191. The number of rotatable bonds is 6. The number of nitrogens with two attached hydrogens (primary N) is 1. The average Bonchev–Trinajstić information content (AvgIpc) is 2.54. The van der Waals surface area contributed by atoms with Crippen LogP contribution in [0.15, 0.2) is 47.4 Å². The number of aryl methyl sites for hydroxylation is 2. The summed E-state index contributed by atoms with van der Waals surface area (Å²) in [4.78, 5) is 12.6. The topological polar surface area (TPSA) is 101 Å². The molecule has 0 aliphatic carbocycles. The number of hydrogen-bond acceptors (Lipinski definition) is 4. The molecule has 4 N–H and O–H groups in total. The molecule has 0 aromatic heterocycles. The van der Waals surface area contributed by atoms with Crippen LogP contribution in [0.2, 0.25) is 0 Å². The first kappa shape index (κ1) is 19.9. The Hall–Kier alpha value is -2.38. The molecule has 7 heteroatoms. The summed E-state index contributed by atoms with van der Waals surface area (Å²) in [6, 6.07) is 11.7. The molecule has 0 radical (unpaired) electrons. The second kappa shape index (κ2) is 7.47. The monoisotopic (exact) mass is 375 g/mol. The summed E-state index contributed by atoms with van der Waals surface area (Å²) in [7, 11) is -3.82. The van der Waals surface area contributed by atoms with Crippen LogP contribution in [0.4, 0.5) is 5.69 Å². The lowest BCUT2D eigenvalue weighted by atomic mass is 10.1. The van der Waals surface area contributed by atoms with Gasteiger partial charge in [-0.05, 0) is 57.0 Å². The highest BCUT2D eigenvalue weighted by Crippen LogP contribution is 2.23. The maximum atomic E-state index is 12.8. The molecule has 26 heavy (non-hydrogen) atoms. The van der Waals surface area contributed by atoms with Gasteiger partial charge >= 0.3 is 0 Å². The molecule has 140 valence electrons. The van der Waals surface area contributed by atoms with Crippen LogP contribution >= 0.6 is 0 Å². The molecule has 2 aromatic rings. The lowest BCUT2D eigenvalue weighted by molar-refractivity contribution is 0.0947. The molecular formula is C19H25N3O3S. The zero-order valence-corrected chi connectivity index (χ0v) is 16.3. The highest BCUT2D eigenvalue weighted by molar-refractivity contribution is 7.92. The summed E-state index contributed by atoms with van der Waals surface area (Å²) in [5.74, 6) is -0.386. The second-order valence-corrected chi connectivity index (χ2v) is 8.74. The van der Waals surface area contributed by atoms with Crippen LogP contribution in [0, 0.1) is 13.8 Å². The number of carbonyl (C=O) groups excluding carboxylic acids is 1. The molecule has 0 fully saturated rings. The van der Waals surface area contributed by atoms with Crippen molar-refractivity contribution in [3.63, 3.8) is 0 Å². The van der Waals surface area contributed by atoms with Gasteiger partial charge in [-0.15, -0.1) is 0 Å². The maximum absolute atomic E-state index is 12.8. The van der Waals surface area contributed by atoms with Crippen LogP contribution in [0.1, 0.15) is 35.3 Å². The van der Waals surface area contributed by atoms with E-state index in [2.05, 4.69) is 10.0 Å². The molecule has 2 aromatic carbocycles. The number of para-hydroxylation sites is 1. The van der Waals surface area contributed by atoms with Crippen molar-refractivity contribution in [3.05, 3.63) is 59.2 Å². The summed E-state index contributed by atoms with van der Waals surface area (Å²) >= 11 is 0. The quantitative estimate of drug-likeness (QED) is 0.722. The van der Waals surface area contributed by atoms with Crippen LogP contribution in [0.3, 0.4) is 0 Å². The lowest BCUT2D eigenvalue weighted by Crippen LogP contribution is -2.45. The van der Waals surface area contributed by atoms with Crippen molar-refractivity contribution in [2.75, 3.05) is 11.3 Å². The molecule has 0 heterocycles. The Morgan fingerprint density at radius 3 is 2.42 bits per heavy atom. The minimum atomic E-state index is -3.82. The number of amides is 1. The van der Waals surface area contributed by atoms with E-state index in [-0.39, 0.29) is 28.6 Å². The fourth-order valence-electron chi connectivity index (χ4n) is 2.37. The van der Waals surface area contributed by atoms with Crippen molar-refractivity contribution in [2.24, 2.45) is 5.73 Å². The van der Waals surface area contributed by atoms with Crippen molar-refractivity contribution < 1.29 is 13.2 Å². The Kier molecular flexibility index (Phi) is 5.73. The fraction of sp³-hybridized carbons (Fsp3) is 0.316. The van der Waals surface area contributed by atoms with Crippen molar-refractivity contribution in [1.29, 1.82) is 0 Å². The van der Waals surface area contributed by atoms with Crippen LogP contribution in [-0.4, -0.2) is 26.4 Å². The summed E-state index contributed by atoms with van der Waals surface area (Å²) in [5, 5.41) is 2.73. The van der Waals surface area contributed by atoms with E-state index in [9.17, 15) is 13.2 Å². The van der Waals surface area contributed by atoms with E-state index in [4.69, 9.17) is 5.73 Å². The Balaban J connectivity index is 2.33. The van der Waals surface area contributed by atoms with E-state index in [1.165, 1.54) is 0 Å². The molecule has 0 bridgehead atoms. The zero-order chi connectivity index (χ0) is 19.5. The highest BCUT2D eigenvalue weighted by atomic mass is 32.2. The molecule has 0 aliphatic heterocycles. The van der Waals surface area contributed by atoms with E-state index in [1.807, 2.05) is 13.0 Å². The number of benzene rings is 2. The van der Waals surface area contributed by atoms with Gasteiger partial charge in [-0.25, -0.2) is 8.42 Å². The number of nitrogens with one attached hydrogen (secondary N) is 2. The SMILES string of the molecule is Cc1ccc(C)c(S(=O)(=O)Nc2ccccc2C(=O)NCC(C)(C)N)c1. The van der Waals surface area contributed by atoms with Crippen LogP contribution < -0.4 is 15.8 Å². The third-order valence-electron chi connectivity index (χ3n) is 3.75. The molecule has 6 nitrogen and oxygen atoms in total. The molecule has 0 saturated heterocycles. The zero-order valence-electron chi connectivity index (χ0n) is 15.5. The molecule has 0 aliphatic rings. The Morgan fingerprint density at radius 2 is 1.77 bits per heavy atom. The van der Waals surface area contributed by atoms with E-state index < -0.39 is 15.6 Å². The molecule has 0 atom stereocenters. The molecule has 2 rings (SSSR count). The summed E-state index contributed by atoms with van der Waals surface area (Å²) < 4.78 is 28.1. The smallest absolute Gasteiger partial charge is 0.262 e. The number of anilines is 1. The lowest BCUT2D eigenvalue weighted by Gasteiger charge is -2.20. The molecule has 1 amide bonds. The van der Waals surface area contributed by atoms with Crippen LogP contribution in [0.5, 0.6) is 0 Å². The third-order valence-corrected chi connectivity index (χ3v) is 5.26. The minimum Gasteiger partial charge on any atom is -0.350 e. The molecule has 0 spiro atoms. The first-order valence-electron chi connectivity index (χ1n) is 8.26. The van der Waals surface area contributed by atoms with Crippen LogP contribution in [-0.2, 0) is 10.0 Å². The fourth-order valence-corrected chi connectivity index (χ4v) is 3.78. The van der Waals surface area contributed by atoms with Crippen molar-refractivity contribution in [3.8, 4) is 0 Å². The number of hydrogen-bond donors (Lipinski definition) is 3. The van der Waals surface area contributed by atoms with Gasteiger partial charge in [0.05, 0.1) is 16.1 Å². The van der Waals surface area contributed by atoms with Gasteiger partial charge in [0.15, 0.2) is 0 Å². The Bertz CT molecular complexity index is 916. The van der Waals surface area contributed by atoms with Gasteiger partial charge in [0.2, 0.25) is 0 Å². The summed E-state index contributed by atoms with van der Waals surface area (Å²) in [6.45, 7) is 7.42. The van der Waals surface area contributed by atoms with Crippen molar-refractivity contribution in [2.45, 2.75) is 38.1 Å². The highest BCUT2D eigenvalue weighted by Gasteiger charge is 2.21. The number of carbonyl (C=O) groups is 1. The Labute approximate surface area is 154 Å². The van der Waals surface area contributed by atoms with Gasteiger partial charge in [0.25, 0.3) is 15.9 Å². The van der Waals surface area contributed by atoms with Gasteiger partial charge < -0.3 is 11.1 Å². The maximum Gasteiger partial charge on any atom is 0.262 e. The first-order chi connectivity index (χ1) is 12.0. The third kappa shape index (κ3) is 5.06. The van der Waals surface area contributed by atoms with Gasteiger partial charge in [-0.1, -0.05) is 24.3 Å². The van der Waals surface area contributed by atoms with Crippen molar-refractivity contribution >= 4 is 21.6 Å². The van der Waals surface area contributed by atoms with Gasteiger partial charge in [0.1, 0.15) is 0 Å². The largest absolute Gasteiger partial charge is 0.350 e.